The van der Waals surface area contributed by atoms with Gasteiger partial charge in [-0.15, -0.1) is 0 Å². The Morgan fingerprint density at radius 3 is 2.65 bits per heavy atom. The average molecular weight is 409 g/mol. The normalized spacial score (nSPS) is 11.0. The number of benzene rings is 1. The number of anilines is 1. The molecule has 0 fully saturated rings. The van der Waals surface area contributed by atoms with Gasteiger partial charge < -0.3 is 5.32 Å². The molecule has 0 aliphatic rings. The summed E-state index contributed by atoms with van der Waals surface area (Å²) < 4.78 is 2.85. The quantitative estimate of drug-likeness (QED) is 0.547. The van der Waals surface area contributed by atoms with E-state index in [1.807, 2.05) is 61.1 Å². The van der Waals surface area contributed by atoms with Gasteiger partial charge in [-0.2, -0.15) is 5.10 Å². The van der Waals surface area contributed by atoms with Gasteiger partial charge in [0.2, 0.25) is 0 Å². The lowest BCUT2D eigenvalue weighted by molar-refractivity contribution is 0.804. The Morgan fingerprint density at radius 1 is 1.04 bits per heavy atom. The highest BCUT2D eigenvalue weighted by Crippen LogP contribution is 2.23. The number of hydrogen-bond acceptors (Lipinski definition) is 5. The molecule has 0 amide bonds. The first kappa shape index (κ1) is 16.7. The predicted molar refractivity (Wildman–Crippen MR) is 105 cm³/mol. The molecule has 0 spiro atoms. The Kier molecular flexibility index (Phi) is 4.38. The summed E-state index contributed by atoms with van der Waals surface area (Å²) in [4.78, 5) is 13.2. The van der Waals surface area contributed by atoms with Crippen molar-refractivity contribution in [2.45, 2.75) is 20.4 Å². The van der Waals surface area contributed by atoms with Crippen molar-refractivity contribution in [3.05, 3.63) is 70.3 Å². The molecule has 26 heavy (non-hydrogen) atoms. The number of nitrogens with zero attached hydrogens (tertiary/aromatic N) is 5. The van der Waals surface area contributed by atoms with Crippen molar-refractivity contribution < 1.29 is 0 Å². The third-order valence-electron chi connectivity index (χ3n) is 4.09. The number of aryl methyl sites for hydroxylation is 2. The first-order valence-electron chi connectivity index (χ1n) is 8.23. The summed E-state index contributed by atoms with van der Waals surface area (Å²) >= 11 is 3.50. The molecule has 0 saturated heterocycles. The number of fused-ring (bicyclic) bond motifs is 1. The van der Waals surface area contributed by atoms with E-state index in [1.54, 1.807) is 6.33 Å². The van der Waals surface area contributed by atoms with Crippen LogP contribution in [0.4, 0.5) is 5.82 Å². The van der Waals surface area contributed by atoms with E-state index in [0.29, 0.717) is 6.54 Å². The molecule has 3 heterocycles. The third kappa shape index (κ3) is 3.30. The monoisotopic (exact) mass is 408 g/mol. The number of nitrogens with one attached hydrogen (secondary N) is 1. The zero-order chi connectivity index (χ0) is 18.1. The molecule has 0 radical (unpaired) electrons. The molecular formula is C19H17BrN6. The molecule has 1 N–H and O–H groups in total. The maximum absolute atomic E-state index is 4.53. The minimum Gasteiger partial charge on any atom is -0.365 e. The lowest BCUT2D eigenvalue weighted by Crippen LogP contribution is -2.05. The molecule has 4 rings (SSSR count). The van der Waals surface area contributed by atoms with E-state index in [2.05, 4.69) is 41.3 Å². The van der Waals surface area contributed by atoms with Gasteiger partial charge >= 0.3 is 0 Å². The van der Waals surface area contributed by atoms with Gasteiger partial charge in [0.25, 0.3) is 0 Å². The van der Waals surface area contributed by atoms with E-state index in [9.17, 15) is 0 Å². The summed E-state index contributed by atoms with van der Waals surface area (Å²) in [7, 11) is 0. The van der Waals surface area contributed by atoms with Gasteiger partial charge in [-0.1, -0.05) is 22.0 Å². The van der Waals surface area contributed by atoms with Crippen LogP contribution in [0.2, 0.25) is 0 Å². The summed E-state index contributed by atoms with van der Waals surface area (Å²) in [5, 5.41) is 8.82. The minimum absolute atomic E-state index is 0.628. The van der Waals surface area contributed by atoms with Crippen molar-refractivity contribution in [3.63, 3.8) is 0 Å². The first-order chi connectivity index (χ1) is 12.6. The fraction of sp³-hybridized carbons (Fsp3) is 0.158. The van der Waals surface area contributed by atoms with E-state index in [1.165, 1.54) is 0 Å². The highest BCUT2D eigenvalue weighted by Gasteiger charge is 2.07. The Hall–Kier alpha value is -2.80. The number of halogens is 1. The Morgan fingerprint density at radius 2 is 1.92 bits per heavy atom. The van der Waals surface area contributed by atoms with Crippen LogP contribution in [-0.2, 0) is 6.54 Å². The van der Waals surface area contributed by atoms with Crippen molar-refractivity contribution >= 4 is 32.7 Å². The summed E-state index contributed by atoms with van der Waals surface area (Å²) in [5.41, 5.74) is 4.02. The van der Waals surface area contributed by atoms with Crippen LogP contribution in [0.3, 0.4) is 0 Å². The highest BCUT2D eigenvalue weighted by atomic mass is 79.9. The van der Waals surface area contributed by atoms with E-state index in [0.717, 1.165) is 44.0 Å². The molecule has 1 aromatic carbocycles. The van der Waals surface area contributed by atoms with Gasteiger partial charge in [0.15, 0.2) is 5.82 Å². The minimum atomic E-state index is 0.628. The molecule has 0 atom stereocenters. The van der Waals surface area contributed by atoms with Crippen molar-refractivity contribution in [3.8, 4) is 5.82 Å². The lowest BCUT2D eigenvalue weighted by atomic mass is 10.2. The van der Waals surface area contributed by atoms with Crippen molar-refractivity contribution in [2.75, 3.05) is 5.32 Å². The number of hydrogen-bond donors (Lipinski definition) is 1. The van der Waals surface area contributed by atoms with E-state index in [4.69, 9.17) is 0 Å². The molecule has 0 bridgehead atoms. The Bertz CT molecular complexity index is 1070. The summed E-state index contributed by atoms with van der Waals surface area (Å²) in [6.45, 7) is 4.63. The van der Waals surface area contributed by atoms with Crippen LogP contribution in [0.5, 0.6) is 0 Å². The number of rotatable bonds is 4. The summed E-state index contributed by atoms with van der Waals surface area (Å²) in [5.74, 6) is 1.62. The van der Waals surface area contributed by atoms with Crippen LogP contribution in [0.15, 0.2) is 53.4 Å². The smallest absolute Gasteiger partial charge is 0.153 e. The predicted octanol–water partition coefficient (Wildman–Crippen LogP) is 4.20. The maximum atomic E-state index is 4.53. The van der Waals surface area contributed by atoms with E-state index >= 15 is 0 Å². The van der Waals surface area contributed by atoms with Gasteiger partial charge in [0.05, 0.1) is 11.2 Å². The van der Waals surface area contributed by atoms with Crippen molar-refractivity contribution in [1.29, 1.82) is 0 Å². The van der Waals surface area contributed by atoms with Crippen molar-refractivity contribution in [1.82, 2.24) is 24.7 Å². The van der Waals surface area contributed by atoms with Gasteiger partial charge in [0, 0.05) is 28.3 Å². The van der Waals surface area contributed by atoms with Gasteiger partial charge in [-0.3, -0.25) is 0 Å². The van der Waals surface area contributed by atoms with Gasteiger partial charge in [-0.25, -0.2) is 19.6 Å². The second-order valence-electron chi connectivity index (χ2n) is 6.10. The van der Waals surface area contributed by atoms with E-state index < -0.39 is 0 Å². The molecule has 6 nitrogen and oxygen atoms in total. The van der Waals surface area contributed by atoms with Crippen molar-refractivity contribution in [2.24, 2.45) is 0 Å². The van der Waals surface area contributed by atoms with Crippen LogP contribution in [0, 0.1) is 13.8 Å². The SMILES string of the molecule is Cc1cc(C)n(-c2ccc(CNc3ncnc4ccc(Br)cc34)cn2)n1. The molecule has 7 heteroatoms. The van der Waals surface area contributed by atoms with Crippen LogP contribution >= 0.6 is 15.9 Å². The largest absolute Gasteiger partial charge is 0.365 e. The highest BCUT2D eigenvalue weighted by molar-refractivity contribution is 9.10. The number of pyridine rings is 1. The van der Waals surface area contributed by atoms with Crippen LogP contribution in [0.1, 0.15) is 17.0 Å². The maximum Gasteiger partial charge on any atom is 0.153 e. The Balaban J connectivity index is 1.54. The zero-order valence-electron chi connectivity index (χ0n) is 14.4. The summed E-state index contributed by atoms with van der Waals surface area (Å²) in [6.07, 6.45) is 3.43. The lowest BCUT2D eigenvalue weighted by Gasteiger charge is -2.09. The van der Waals surface area contributed by atoms with Gasteiger partial charge in [0.1, 0.15) is 12.1 Å². The molecule has 0 saturated carbocycles. The van der Waals surface area contributed by atoms with Crippen LogP contribution in [0.25, 0.3) is 16.7 Å². The molecule has 0 unspecified atom stereocenters. The second-order valence-corrected chi connectivity index (χ2v) is 7.02. The molecule has 0 aliphatic heterocycles. The van der Waals surface area contributed by atoms with Crippen LogP contribution in [-0.4, -0.2) is 24.7 Å². The first-order valence-corrected chi connectivity index (χ1v) is 9.02. The third-order valence-corrected chi connectivity index (χ3v) is 4.59. The number of aromatic nitrogens is 5. The average Bonchev–Trinajstić information content (AvgIpc) is 2.98. The molecule has 130 valence electrons. The zero-order valence-corrected chi connectivity index (χ0v) is 16.0. The molecule has 3 aromatic heterocycles. The fourth-order valence-electron chi connectivity index (χ4n) is 2.86. The standard InChI is InChI=1S/C19H17BrN6/c1-12-7-13(2)26(25-12)18-6-3-14(9-21-18)10-22-19-16-8-15(20)4-5-17(16)23-11-24-19/h3-9,11H,10H2,1-2H3,(H,22,23,24). The fourth-order valence-corrected chi connectivity index (χ4v) is 3.22. The summed E-state index contributed by atoms with van der Waals surface area (Å²) in [6, 6.07) is 12.0. The topological polar surface area (TPSA) is 68.5 Å². The second kappa shape index (κ2) is 6.84. The molecular weight excluding hydrogens is 392 g/mol. The molecule has 4 aromatic rings. The van der Waals surface area contributed by atoms with Crippen LogP contribution < -0.4 is 5.32 Å². The van der Waals surface area contributed by atoms with Gasteiger partial charge in [-0.05, 0) is 49.7 Å². The molecule has 0 aliphatic carbocycles. The van der Waals surface area contributed by atoms with E-state index in [-0.39, 0.29) is 0 Å². The Labute approximate surface area is 159 Å².